The first-order chi connectivity index (χ1) is 9.67. The van der Waals surface area contributed by atoms with Crippen LogP contribution < -0.4 is 0 Å². The minimum atomic E-state index is -0.494. The topological polar surface area (TPSA) is 74.8 Å². The van der Waals surface area contributed by atoms with Gasteiger partial charge in [-0.2, -0.15) is 0 Å². The van der Waals surface area contributed by atoms with Crippen molar-refractivity contribution in [1.82, 2.24) is 24.5 Å². The number of carbonyl (C=O) groups is 1. The lowest BCUT2D eigenvalue weighted by Crippen LogP contribution is -2.12. The van der Waals surface area contributed by atoms with Crippen LogP contribution >= 0.6 is 11.6 Å². The zero-order valence-electron chi connectivity index (χ0n) is 11.4. The SMILES string of the molecule is CCOC(=O)c1nnn(CCc2nccn2C)c1CCl. The van der Waals surface area contributed by atoms with Crippen molar-refractivity contribution in [3.8, 4) is 0 Å². The first-order valence-corrected chi connectivity index (χ1v) is 6.82. The molecule has 108 valence electrons. The van der Waals surface area contributed by atoms with Gasteiger partial charge in [0, 0.05) is 25.9 Å². The van der Waals surface area contributed by atoms with Crippen LogP contribution in [0.25, 0.3) is 0 Å². The first-order valence-electron chi connectivity index (χ1n) is 6.29. The van der Waals surface area contributed by atoms with Crippen molar-refractivity contribution in [2.45, 2.75) is 25.8 Å². The lowest BCUT2D eigenvalue weighted by Gasteiger charge is -2.05. The van der Waals surface area contributed by atoms with Gasteiger partial charge in [-0.15, -0.1) is 16.7 Å². The smallest absolute Gasteiger partial charge is 0.360 e. The minimum Gasteiger partial charge on any atom is -0.461 e. The van der Waals surface area contributed by atoms with Crippen molar-refractivity contribution in [3.63, 3.8) is 0 Å². The molecular weight excluding hydrogens is 282 g/mol. The summed E-state index contributed by atoms with van der Waals surface area (Å²) in [6.45, 7) is 2.59. The quantitative estimate of drug-likeness (QED) is 0.591. The molecule has 0 saturated carbocycles. The van der Waals surface area contributed by atoms with Crippen molar-refractivity contribution in [2.24, 2.45) is 7.05 Å². The molecule has 0 amide bonds. The van der Waals surface area contributed by atoms with E-state index in [0.717, 1.165) is 5.82 Å². The Morgan fingerprint density at radius 2 is 2.30 bits per heavy atom. The molecule has 0 N–H and O–H groups in total. The second kappa shape index (κ2) is 6.51. The van der Waals surface area contributed by atoms with E-state index in [2.05, 4.69) is 15.3 Å². The Balaban J connectivity index is 2.12. The van der Waals surface area contributed by atoms with Crippen LogP contribution in [0, 0.1) is 0 Å². The fourth-order valence-electron chi connectivity index (χ4n) is 1.85. The number of ether oxygens (including phenoxy) is 1. The Labute approximate surface area is 121 Å². The van der Waals surface area contributed by atoms with E-state index in [0.29, 0.717) is 25.3 Å². The molecule has 2 heterocycles. The highest BCUT2D eigenvalue weighted by atomic mass is 35.5. The molecule has 20 heavy (non-hydrogen) atoms. The number of hydrogen-bond acceptors (Lipinski definition) is 5. The largest absolute Gasteiger partial charge is 0.461 e. The van der Waals surface area contributed by atoms with Gasteiger partial charge in [0.15, 0.2) is 5.69 Å². The van der Waals surface area contributed by atoms with Gasteiger partial charge >= 0.3 is 5.97 Å². The highest BCUT2D eigenvalue weighted by Gasteiger charge is 2.20. The molecule has 0 fully saturated rings. The number of alkyl halides is 1. The molecule has 8 heteroatoms. The van der Waals surface area contributed by atoms with Crippen LogP contribution in [0.5, 0.6) is 0 Å². The number of carbonyl (C=O) groups excluding carboxylic acids is 1. The van der Waals surface area contributed by atoms with Gasteiger partial charge < -0.3 is 9.30 Å². The van der Waals surface area contributed by atoms with Crippen LogP contribution in [0.15, 0.2) is 12.4 Å². The molecule has 0 radical (unpaired) electrons. The Morgan fingerprint density at radius 1 is 1.50 bits per heavy atom. The summed E-state index contributed by atoms with van der Waals surface area (Å²) in [5.41, 5.74) is 0.751. The monoisotopic (exact) mass is 297 g/mol. The molecule has 0 atom stereocenters. The van der Waals surface area contributed by atoms with E-state index in [1.807, 2.05) is 17.8 Å². The molecule has 0 bridgehead atoms. The van der Waals surface area contributed by atoms with Crippen molar-refractivity contribution in [2.75, 3.05) is 6.61 Å². The second-order valence-corrected chi connectivity index (χ2v) is 4.43. The summed E-state index contributed by atoms with van der Waals surface area (Å²) in [7, 11) is 1.93. The number of hydrogen-bond donors (Lipinski definition) is 0. The average molecular weight is 298 g/mol. The van der Waals surface area contributed by atoms with Gasteiger partial charge in [-0.25, -0.2) is 14.5 Å². The zero-order valence-corrected chi connectivity index (χ0v) is 12.2. The van der Waals surface area contributed by atoms with Crippen molar-refractivity contribution in [1.29, 1.82) is 0 Å². The van der Waals surface area contributed by atoms with E-state index in [4.69, 9.17) is 16.3 Å². The normalized spacial score (nSPS) is 10.8. The number of aromatic nitrogens is 5. The number of halogens is 1. The number of nitrogens with zero attached hydrogens (tertiary/aromatic N) is 5. The number of rotatable bonds is 6. The molecule has 0 saturated heterocycles. The molecule has 0 aliphatic carbocycles. The summed E-state index contributed by atoms with van der Waals surface area (Å²) in [6, 6.07) is 0. The van der Waals surface area contributed by atoms with E-state index >= 15 is 0 Å². The van der Waals surface area contributed by atoms with Gasteiger partial charge in [-0.1, -0.05) is 5.21 Å². The highest BCUT2D eigenvalue weighted by molar-refractivity contribution is 6.17. The Hall–Kier alpha value is -1.89. The van der Waals surface area contributed by atoms with E-state index < -0.39 is 5.97 Å². The molecule has 0 aromatic carbocycles. The molecule has 0 unspecified atom stereocenters. The van der Waals surface area contributed by atoms with Crippen LogP contribution in [0.4, 0.5) is 0 Å². The maximum atomic E-state index is 11.7. The molecule has 0 spiro atoms. The molecule has 0 aliphatic heterocycles. The molecule has 2 aromatic heterocycles. The summed E-state index contributed by atoms with van der Waals surface area (Å²) >= 11 is 5.89. The fourth-order valence-corrected chi connectivity index (χ4v) is 2.11. The van der Waals surface area contributed by atoms with Crippen LogP contribution in [0.2, 0.25) is 0 Å². The van der Waals surface area contributed by atoms with E-state index in [1.54, 1.807) is 17.8 Å². The third-order valence-electron chi connectivity index (χ3n) is 2.90. The maximum Gasteiger partial charge on any atom is 0.360 e. The van der Waals surface area contributed by atoms with Crippen LogP contribution in [-0.4, -0.2) is 37.1 Å². The summed E-state index contributed by atoms with van der Waals surface area (Å²) in [5, 5.41) is 7.82. The van der Waals surface area contributed by atoms with Crippen molar-refractivity contribution in [3.05, 3.63) is 29.6 Å². The first kappa shape index (κ1) is 14.5. The van der Waals surface area contributed by atoms with Crippen LogP contribution in [0.1, 0.15) is 28.9 Å². The Morgan fingerprint density at radius 3 is 2.90 bits per heavy atom. The third-order valence-corrected chi connectivity index (χ3v) is 3.15. The van der Waals surface area contributed by atoms with Gasteiger partial charge in [0.2, 0.25) is 0 Å². The number of esters is 1. The fraction of sp³-hybridized carbons (Fsp3) is 0.500. The summed E-state index contributed by atoms with van der Waals surface area (Å²) < 4.78 is 8.48. The van der Waals surface area contributed by atoms with Crippen LogP contribution in [0.3, 0.4) is 0 Å². The predicted molar refractivity (Wildman–Crippen MR) is 72.4 cm³/mol. The number of aryl methyl sites for hydroxylation is 3. The highest BCUT2D eigenvalue weighted by Crippen LogP contribution is 2.11. The van der Waals surface area contributed by atoms with E-state index in [9.17, 15) is 4.79 Å². The van der Waals surface area contributed by atoms with Gasteiger partial charge in [-0.3, -0.25) is 0 Å². The van der Waals surface area contributed by atoms with E-state index in [1.165, 1.54) is 0 Å². The van der Waals surface area contributed by atoms with Crippen LogP contribution in [-0.2, 0) is 30.6 Å². The number of imidazole rings is 1. The second-order valence-electron chi connectivity index (χ2n) is 4.17. The summed E-state index contributed by atoms with van der Waals surface area (Å²) in [4.78, 5) is 15.9. The lowest BCUT2D eigenvalue weighted by molar-refractivity contribution is 0.0518. The summed E-state index contributed by atoms with van der Waals surface area (Å²) in [6.07, 6.45) is 4.30. The summed E-state index contributed by atoms with van der Waals surface area (Å²) in [5.74, 6) is 0.590. The van der Waals surface area contributed by atoms with Crippen molar-refractivity contribution >= 4 is 17.6 Å². The van der Waals surface area contributed by atoms with Gasteiger partial charge in [0.05, 0.1) is 24.7 Å². The standard InChI is InChI=1S/C12H16ClN5O2/c1-3-20-12(19)11-9(8-13)18(16-15-11)6-4-10-14-5-7-17(10)2/h5,7H,3-4,6,8H2,1-2H3. The average Bonchev–Trinajstić information content (AvgIpc) is 3.02. The lowest BCUT2D eigenvalue weighted by atomic mass is 10.3. The Kier molecular flexibility index (Phi) is 4.73. The minimum absolute atomic E-state index is 0.154. The van der Waals surface area contributed by atoms with Gasteiger partial charge in [-0.05, 0) is 6.92 Å². The van der Waals surface area contributed by atoms with Crippen molar-refractivity contribution < 1.29 is 9.53 Å². The van der Waals surface area contributed by atoms with Gasteiger partial charge in [0.1, 0.15) is 5.82 Å². The molecule has 7 nitrogen and oxygen atoms in total. The molecule has 0 aliphatic rings. The molecular formula is C12H16ClN5O2. The third kappa shape index (κ3) is 2.98. The van der Waals surface area contributed by atoms with Gasteiger partial charge in [0.25, 0.3) is 0 Å². The maximum absolute atomic E-state index is 11.7. The molecule has 2 rings (SSSR count). The molecule has 2 aromatic rings. The van der Waals surface area contributed by atoms with E-state index in [-0.39, 0.29) is 11.6 Å². The Bertz CT molecular complexity index is 592. The zero-order chi connectivity index (χ0) is 14.5. The predicted octanol–water partition coefficient (Wildman–Crippen LogP) is 1.17.